The molecule has 3 heteroatoms. The second-order valence-corrected chi connectivity index (χ2v) is 4.42. The van der Waals surface area contributed by atoms with Gasteiger partial charge in [0.1, 0.15) is 0 Å². The summed E-state index contributed by atoms with van der Waals surface area (Å²) in [5, 5.41) is 4.35. The minimum atomic E-state index is 0.164. The van der Waals surface area contributed by atoms with Gasteiger partial charge in [-0.2, -0.15) is 5.10 Å². The van der Waals surface area contributed by atoms with Crippen LogP contribution in [0.25, 0.3) is 5.69 Å². The zero-order valence-electron chi connectivity index (χ0n) is 9.08. The van der Waals surface area contributed by atoms with Crippen LogP contribution in [-0.4, -0.2) is 9.78 Å². The Morgan fingerprint density at radius 2 is 2.00 bits per heavy atom. The van der Waals surface area contributed by atoms with E-state index in [0.29, 0.717) is 5.92 Å². The Balaban J connectivity index is 1.87. The Labute approximate surface area is 94.9 Å². The van der Waals surface area contributed by atoms with Crippen LogP contribution >= 0.6 is 0 Å². The first-order chi connectivity index (χ1) is 7.84. The quantitative estimate of drug-likeness (QED) is 0.850. The molecule has 1 aromatic heterocycles. The maximum atomic E-state index is 6.14. The topological polar surface area (TPSA) is 43.8 Å². The molecule has 2 aromatic rings. The van der Waals surface area contributed by atoms with Gasteiger partial charge < -0.3 is 5.73 Å². The molecule has 0 bridgehead atoms. The van der Waals surface area contributed by atoms with Crippen molar-refractivity contribution < 1.29 is 0 Å². The fourth-order valence-electron chi connectivity index (χ4n) is 1.96. The third kappa shape index (κ3) is 1.74. The summed E-state index contributed by atoms with van der Waals surface area (Å²) in [5.41, 5.74) is 8.36. The van der Waals surface area contributed by atoms with Gasteiger partial charge in [0.05, 0.1) is 11.9 Å². The molecule has 1 saturated carbocycles. The number of nitrogens with zero attached hydrogens (tertiary/aromatic N) is 2. The number of hydrogen-bond acceptors (Lipinski definition) is 2. The molecule has 0 spiro atoms. The highest BCUT2D eigenvalue weighted by Gasteiger charge is 2.30. The van der Waals surface area contributed by atoms with Crippen molar-refractivity contribution in [3.05, 3.63) is 48.3 Å². The average Bonchev–Trinajstić information content (AvgIpc) is 3.07. The Morgan fingerprint density at radius 3 is 2.69 bits per heavy atom. The van der Waals surface area contributed by atoms with E-state index in [0.717, 1.165) is 11.3 Å². The summed E-state index contributed by atoms with van der Waals surface area (Å²) in [6.07, 6.45) is 6.45. The molecular weight excluding hydrogens is 198 g/mol. The van der Waals surface area contributed by atoms with Gasteiger partial charge >= 0.3 is 0 Å². The molecule has 1 aliphatic carbocycles. The molecule has 1 heterocycles. The van der Waals surface area contributed by atoms with Crippen LogP contribution in [-0.2, 0) is 0 Å². The van der Waals surface area contributed by atoms with Crippen LogP contribution in [0.15, 0.2) is 42.7 Å². The van der Waals surface area contributed by atoms with Crippen molar-refractivity contribution in [1.29, 1.82) is 0 Å². The predicted octanol–water partition coefficient (Wildman–Crippen LogP) is 2.28. The molecule has 0 radical (unpaired) electrons. The summed E-state index contributed by atoms with van der Waals surface area (Å²) in [6, 6.07) is 10.3. The third-order valence-corrected chi connectivity index (χ3v) is 3.14. The van der Waals surface area contributed by atoms with Crippen LogP contribution in [0.1, 0.15) is 24.4 Å². The monoisotopic (exact) mass is 213 g/mol. The lowest BCUT2D eigenvalue weighted by atomic mass is 10.1. The number of rotatable bonds is 3. The molecule has 3 nitrogen and oxygen atoms in total. The summed E-state index contributed by atoms with van der Waals surface area (Å²) in [7, 11) is 0. The van der Waals surface area contributed by atoms with Crippen LogP contribution in [0.2, 0.25) is 0 Å². The normalized spacial score (nSPS) is 17.3. The van der Waals surface area contributed by atoms with Crippen molar-refractivity contribution in [3.8, 4) is 5.69 Å². The van der Waals surface area contributed by atoms with Gasteiger partial charge in [-0.05, 0) is 30.9 Å². The molecule has 3 rings (SSSR count). The van der Waals surface area contributed by atoms with Crippen molar-refractivity contribution in [3.63, 3.8) is 0 Å². The largest absolute Gasteiger partial charge is 0.324 e. The Hall–Kier alpha value is -1.61. The third-order valence-electron chi connectivity index (χ3n) is 3.14. The molecule has 1 fully saturated rings. The number of hydrogen-bond donors (Lipinski definition) is 1. The first-order valence-corrected chi connectivity index (χ1v) is 5.70. The lowest BCUT2D eigenvalue weighted by Crippen LogP contribution is -2.11. The summed E-state index contributed by atoms with van der Waals surface area (Å²) < 4.78 is 1.89. The molecule has 0 amide bonds. The van der Waals surface area contributed by atoms with E-state index < -0.39 is 0 Å². The first-order valence-electron chi connectivity index (χ1n) is 5.70. The Bertz CT molecular complexity index is 471. The zero-order valence-corrected chi connectivity index (χ0v) is 9.08. The molecule has 1 atom stereocenters. The van der Waals surface area contributed by atoms with Gasteiger partial charge in [-0.15, -0.1) is 0 Å². The van der Waals surface area contributed by atoms with Gasteiger partial charge in [0.25, 0.3) is 0 Å². The molecule has 0 saturated heterocycles. The molecule has 1 aromatic carbocycles. The van der Waals surface area contributed by atoms with E-state index in [1.165, 1.54) is 12.8 Å². The highest BCUT2D eigenvalue weighted by molar-refractivity contribution is 5.31. The van der Waals surface area contributed by atoms with Gasteiger partial charge in [0.2, 0.25) is 0 Å². The standard InChI is InChI=1S/C13H15N3/c14-13(10-6-7-10)11-8-15-16(9-11)12-4-2-1-3-5-12/h1-5,8-10,13H,6-7,14H2. The van der Waals surface area contributed by atoms with Crippen LogP contribution in [0.3, 0.4) is 0 Å². The summed E-state index contributed by atoms with van der Waals surface area (Å²) in [5.74, 6) is 0.674. The van der Waals surface area contributed by atoms with Crippen molar-refractivity contribution >= 4 is 0 Å². The lowest BCUT2D eigenvalue weighted by Gasteiger charge is -2.05. The van der Waals surface area contributed by atoms with Gasteiger partial charge in [0, 0.05) is 17.8 Å². The molecule has 1 aliphatic rings. The first kappa shape index (κ1) is 9.60. The molecular formula is C13H15N3. The minimum Gasteiger partial charge on any atom is -0.324 e. The highest BCUT2D eigenvalue weighted by atomic mass is 15.3. The summed E-state index contributed by atoms with van der Waals surface area (Å²) in [6.45, 7) is 0. The van der Waals surface area contributed by atoms with E-state index in [1.54, 1.807) is 0 Å². The molecule has 2 N–H and O–H groups in total. The summed E-state index contributed by atoms with van der Waals surface area (Å²) >= 11 is 0. The van der Waals surface area contributed by atoms with E-state index in [2.05, 4.69) is 5.10 Å². The number of nitrogens with two attached hydrogens (primary N) is 1. The lowest BCUT2D eigenvalue weighted by molar-refractivity contribution is 0.633. The van der Waals surface area contributed by atoms with Crippen LogP contribution in [0, 0.1) is 5.92 Å². The SMILES string of the molecule is NC(c1cnn(-c2ccccc2)c1)C1CC1. The maximum absolute atomic E-state index is 6.14. The summed E-state index contributed by atoms with van der Waals surface area (Å²) in [4.78, 5) is 0. The number of benzene rings is 1. The van der Waals surface area contributed by atoms with Crippen LogP contribution < -0.4 is 5.73 Å². The van der Waals surface area contributed by atoms with Gasteiger partial charge in [-0.25, -0.2) is 4.68 Å². The fraction of sp³-hybridized carbons (Fsp3) is 0.308. The second-order valence-electron chi connectivity index (χ2n) is 4.42. The smallest absolute Gasteiger partial charge is 0.0645 e. The van der Waals surface area contributed by atoms with Gasteiger partial charge in [-0.1, -0.05) is 18.2 Å². The maximum Gasteiger partial charge on any atom is 0.0645 e. The van der Waals surface area contributed by atoms with Crippen molar-refractivity contribution in [2.45, 2.75) is 18.9 Å². The molecule has 0 aliphatic heterocycles. The van der Waals surface area contributed by atoms with Crippen LogP contribution in [0.5, 0.6) is 0 Å². The molecule has 16 heavy (non-hydrogen) atoms. The highest BCUT2D eigenvalue weighted by Crippen LogP contribution is 2.39. The van der Waals surface area contributed by atoms with Crippen LogP contribution in [0.4, 0.5) is 0 Å². The minimum absolute atomic E-state index is 0.164. The second kappa shape index (κ2) is 3.76. The molecule has 1 unspecified atom stereocenters. The molecule has 82 valence electrons. The van der Waals surface area contributed by atoms with E-state index in [4.69, 9.17) is 5.73 Å². The van der Waals surface area contributed by atoms with E-state index in [-0.39, 0.29) is 6.04 Å². The Morgan fingerprint density at radius 1 is 1.25 bits per heavy atom. The van der Waals surface area contributed by atoms with Crippen molar-refractivity contribution in [2.24, 2.45) is 11.7 Å². The van der Waals surface area contributed by atoms with Gasteiger partial charge in [0.15, 0.2) is 0 Å². The van der Waals surface area contributed by atoms with Gasteiger partial charge in [-0.3, -0.25) is 0 Å². The Kier molecular flexibility index (Phi) is 2.26. The van der Waals surface area contributed by atoms with E-state index >= 15 is 0 Å². The predicted molar refractivity (Wildman–Crippen MR) is 63.2 cm³/mol. The fourth-order valence-corrected chi connectivity index (χ4v) is 1.96. The van der Waals surface area contributed by atoms with Crippen molar-refractivity contribution in [1.82, 2.24) is 9.78 Å². The van der Waals surface area contributed by atoms with E-state index in [9.17, 15) is 0 Å². The van der Waals surface area contributed by atoms with E-state index in [1.807, 2.05) is 47.4 Å². The van der Waals surface area contributed by atoms with Crippen molar-refractivity contribution in [2.75, 3.05) is 0 Å². The number of para-hydroxylation sites is 1. The average molecular weight is 213 g/mol. The zero-order chi connectivity index (χ0) is 11.0. The number of aromatic nitrogens is 2.